The molecule has 2 aromatic carbocycles. The van der Waals surface area contributed by atoms with Crippen LogP contribution in [0.15, 0.2) is 71.8 Å². The highest BCUT2D eigenvalue weighted by Gasteiger charge is 2.35. The first kappa shape index (κ1) is 16.5. The molecule has 0 bridgehead atoms. The van der Waals surface area contributed by atoms with Crippen LogP contribution >= 0.6 is 0 Å². The van der Waals surface area contributed by atoms with E-state index in [-0.39, 0.29) is 11.6 Å². The number of carbonyl (C=O) groups excluding carboxylic acids is 1. The summed E-state index contributed by atoms with van der Waals surface area (Å²) >= 11 is 0. The van der Waals surface area contributed by atoms with Crippen molar-refractivity contribution in [1.29, 1.82) is 0 Å². The summed E-state index contributed by atoms with van der Waals surface area (Å²) in [5, 5.41) is 12.2. The number of Topliss-reactive ketones (excluding diaryl/α,β-unsaturated/α-hetero) is 1. The Morgan fingerprint density at radius 1 is 1.12 bits per heavy atom. The fourth-order valence-electron chi connectivity index (χ4n) is 2.46. The van der Waals surface area contributed by atoms with Crippen molar-refractivity contribution in [2.75, 3.05) is 5.32 Å². The molecule has 0 amide bonds. The van der Waals surface area contributed by atoms with Crippen LogP contribution < -0.4 is 5.32 Å². The van der Waals surface area contributed by atoms with Gasteiger partial charge in [0.25, 0.3) is 0 Å². The van der Waals surface area contributed by atoms with Crippen molar-refractivity contribution in [3.05, 3.63) is 82.9 Å². The number of rotatable bonds is 5. The predicted octanol–water partition coefficient (Wildman–Crippen LogP) is 3.60. The Morgan fingerprint density at radius 3 is 2.40 bits per heavy atom. The van der Waals surface area contributed by atoms with E-state index >= 15 is 0 Å². The van der Waals surface area contributed by atoms with Gasteiger partial charge in [-0.25, -0.2) is 4.79 Å². The number of allylic oxidation sites excluding steroid dienone is 1. The summed E-state index contributed by atoms with van der Waals surface area (Å²) in [5.41, 5.74) is 2.18. The lowest BCUT2D eigenvalue weighted by molar-refractivity contribution is -0.134. The Kier molecular flexibility index (Phi) is 4.66. The first-order valence-electron chi connectivity index (χ1n) is 7.91. The van der Waals surface area contributed by atoms with Gasteiger partial charge in [-0.2, -0.15) is 0 Å². The minimum Gasteiger partial charge on any atom is -0.477 e. The van der Waals surface area contributed by atoms with Crippen LogP contribution in [0, 0.1) is 0 Å². The highest BCUT2D eigenvalue weighted by atomic mass is 16.5. The fourth-order valence-corrected chi connectivity index (χ4v) is 2.46. The maximum absolute atomic E-state index is 12.4. The molecule has 0 saturated heterocycles. The molecule has 25 heavy (non-hydrogen) atoms. The topological polar surface area (TPSA) is 75.6 Å². The molecule has 0 radical (unpaired) electrons. The third-order valence-electron chi connectivity index (χ3n) is 3.82. The summed E-state index contributed by atoms with van der Waals surface area (Å²) in [5.74, 6) is -2.06. The minimum atomic E-state index is -1.33. The molecule has 0 saturated carbocycles. The molecule has 0 aliphatic carbocycles. The first-order valence-corrected chi connectivity index (χ1v) is 7.91. The van der Waals surface area contributed by atoms with Gasteiger partial charge in [-0.3, -0.25) is 4.79 Å². The number of aliphatic carboxylic acids is 1. The fraction of sp³-hybridized carbons (Fsp3) is 0.100. The van der Waals surface area contributed by atoms with Gasteiger partial charge in [0.1, 0.15) is 0 Å². The molecule has 0 spiro atoms. The number of para-hydroxylation sites is 1. The third kappa shape index (κ3) is 3.61. The first-order chi connectivity index (χ1) is 12.1. The zero-order valence-electron chi connectivity index (χ0n) is 13.7. The lowest BCUT2D eigenvalue weighted by Crippen LogP contribution is -2.12. The second kappa shape index (κ2) is 7.05. The van der Waals surface area contributed by atoms with Gasteiger partial charge in [0.15, 0.2) is 11.3 Å². The monoisotopic (exact) mass is 335 g/mol. The normalized spacial score (nSPS) is 15.4. The van der Waals surface area contributed by atoms with Gasteiger partial charge in [0.2, 0.25) is 11.7 Å². The van der Waals surface area contributed by atoms with Gasteiger partial charge in [-0.1, -0.05) is 49.4 Å². The summed E-state index contributed by atoms with van der Waals surface area (Å²) < 4.78 is 5.51. The number of ketones is 1. The van der Waals surface area contributed by atoms with Crippen molar-refractivity contribution < 1.29 is 19.4 Å². The number of hydrogen-bond donors (Lipinski definition) is 2. The summed E-state index contributed by atoms with van der Waals surface area (Å²) in [6.07, 6.45) is 2.46. The molecule has 0 atom stereocenters. The number of aryl methyl sites for hydroxylation is 1. The Morgan fingerprint density at radius 2 is 1.80 bits per heavy atom. The van der Waals surface area contributed by atoms with E-state index in [0.717, 1.165) is 12.0 Å². The van der Waals surface area contributed by atoms with E-state index in [2.05, 4.69) is 12.2 Å². The van der Waals surface area contributed by atoms with Crippen molar-refractivity contribution in [2.24, 2.45) is 0 Å². The van der Waals surface area contributed by atoms with Crippen LogP contribution in [-0.2, 0) is 20.7 Å². The molecule has 1 heterocycles. The average molecular weight is 335 g/mol. The van der Waals surface area contributed by atoms with E-state index in [1.54, 1.807) is 30.3 Å². The van der Waals surface area contributed by atoms with Crippen molar-refractivity contribution in [3.63, 3.8) is 0 Å². The number of benzene rings is 2. The lowest BCUT2D eigenvalue weighted by Gasteiger charge is -2.07. The van der Waals surface area contributed by atoms with Crippen LogP contribution in [0.25, 0.3) is 6.08 Å². The lowest BCUT2D eigenvalue weighted by atomic mass is 10.1. The average Bonchev–Trinajstić information content (AvgIpc) is 2.92. The minimum absolute atomic E-state index is 0.0138. The van der Waals surface area contributed by atoms with Crippen LogP contribution in [-0.4, -0.2) is 16.9 Å². The Balaban J connectivity index is 1.89. The second-order valence-electron chi connectivity index (χ2n) is 5.54. The van der Waals surface area contributed by atoms with E-state index in [4.69, 9.17) is 4.74 Å². The Bertz CT molecular complexity index is 864. The maximum atomic E-state index is 12.4. The van der Waals surface area contributed by atoms with Gasteiger partial charge in [-0.05, 0) is 35.8 Å². The standard InChI is InChI=1S/C20H17NO4/c1-2-13-8-10-14(11-9-13)12-16-18(22)17(20(23)24)19(25-16)21-15-6-4-3-5-7-15/h3-12,21H,2H2,1H3,(H,23,24)/b16-12-. The molecule has 5 nitrogen and oxygen atoms in total. The third-order valence-corrected chi connectivity index (χ3v) is 3.82. The van der Waals surface area contributed by atoms with Crippen molar-refractivity contribution >= 4 is 23.5 Å². The maximum Gasteiger partial charge on any atom is 0.345 e. The smallest absolute Gasteiger partial charge is 0.345 e. The van der Waals surface area contributed by atoms with Crippen LogP contribution in [0.4, 0.5) is 5.69 Å². The number of carboxylic acids is 1. The molecule has 2 aromatic rings. The zero-order chi connectivity index (χ0) is 17.8. The van der Waals surface area contributed by atoms with Gasteiger partial charge in [-0.15, -0.1) is 0 Å². The molecule has 1 aliphatic rings. The van der Waals surface area contributed by atoms with Crippen LogP contribution in [0.1, 0.15) is 18.1 Å². The van der Waals surface area contributed by atoms with Crippen LogP contribution in [0.3, 0.4) is 0 Å². The molecule has 2 N–H and O–H groups in total. The van der Waals surface area contributed by atoms with Gasteiger partial charge >= 0.3 is 5.97 Å². The molecule has 1 aliphatic heterocycles. The Labute approximate surface area is 145 Å². The molecule has 126 valence electrons. The molecular formula is C20H17NO4. The summed E-state index contributed by atoms with van der Waals surface area (Å²) in [4.78, 5) is 23.9. The summed E-state index contributed by atoms with van der Waals surface area (Å²) in [6.45, 7) is 2.06. The predicted molar refractivity (Wildman–Crippen MR) is 94.6 cm³/mol. The second-order valence-corrected chi connectivity index (χ2v) is 5.54. The molecular weight excluding hydrogens is 318 g/mol. The highest BCUT2D eigenvalue weighted by molar-refractivity contribution is 6.26. The molecule has 5 heteroatoms. The van der Waals surface area contributed by atoms with E-state index in [0.29, 0.717) is 5.69 Å². The van der Waals surface area contributed by atoms with Crippen molar-refractivity contribution in [2.45, 2.75) is 13.3 Å². The number of carboxylic acid groups (broad SMARTS) is 1. The number of anilines is 1. The largest absolute Gasteiger partial charge is 0.477 e. The van der Waals surface area contributed by atoms with Gasteiger partial charge in [0, 0.05) is 5.69 Å². The SMILES string of the molecule is CCc1ccc(/C=C2\OC(Nc3ccccc3)=C(C(=O)O)C2=O)cc1. The van der Waals surface area contributed by atoms with E-state index in [9.17, 15) is 14.7 Å². The van der Waals surface area contributed by atoms with Crippen LogP contribution in [0.5, 0.6) is 0 Å². The number of carbonyl (C=O) groups is 2. The van der Waals surface area contributed by atoms with Gasteiger partial charge < -0.3 is 15.2 Å². The van der Waals surface area contributed by atoms with E-state index in [1.807, 2.05) is 30.3 Å². The Hall–Kier alpha value is -3.34. The molecule has 3 rings (SSSR count). The molecule has 0 aromatic heterocycles. The number of ether oxygens (including phenoxy) is 1. The quantitative estimate of drug-likeness (QED) is 0.645. The molecule has 0 fully saturated rings. The summed E-state index contributed by atoms with van der Waals surface area (Å²) in [7, 11) is 0. The number of hydrogen-bond acceptors (Lipinski definition) is 4. The van der Waals surface area contributed by atoms with Crippen LogP contribution in [0.2, 0.25) is 0 Å². The number of nitrogens with one attached hydrogen (secondary N) is 1. The van der Waals surface area contributed by atoms with E-state index in [1.165, 1.54) is 5.56 Å². The molecule has 0 unspecified atom stereocenters. The van der Waals surface area contributed by atoms with Crippen molar-refractivity contribution in [1.82, 2.24) is 0 Å². The van der Waals surface area contributed by atoms with Gasteiger partial charge in [0.05, 0.1) is 0 Å². The zero-order valence-corrected chi connectivity index (χ0v) is 13.7. The van der Waals surface area contributed by atoms with Crippen molar-refractivity contribution in [3.8, 4) is 0 Å². The van der Waals surface area contributed by atoms with E-state index < -0.39 is 17.3 Å². The highest BCUT2D eigenvalue weighted by Crippen LogP contribution is 2.28. The summed E-state index contributed by atoms with van der Waals surface area (Å²) in [6, 6.07) is 16.6.